The minimum absolute atomic E-state index is 0.239. The Hall–Kier alpha value is -0.620. The van der Waals surface area contributed by atoms with E-state index in [2.05, 4.69) is 15.9 Å². The van der Waals surface area contributed by atoms with E-state index in [1.807, 2.05) is 18.4 Å². The van der Waals surface area contributed by atoms with Gasteiger partial charge in [-0.25, -0.2) is 4.79 Å². The van der Waals surface area contributed by atoms with Crippen LogP contribution in [0.25, 0.3) is 11.6 Å². The second-order valence-electron chi connectivity index (χ2n) is 3.59. The first kappa shape index (κ1) is 13.8. The van der Waals surface area contributed by atoms with E-state index in [0.717, 1.165) is 14.2 Å². The van der Waals surface area contributed by atoms with Crippen LogP contribution in [-0.4, -0.2) is 11.1 Å². The number of aliphatic carboxylic acids is 1. The lowest BCUT2D eigenvalue weighted by Gasteiger charge is -2.00. The standard InChI is InChI=1S/C12H8BrClO2S2/c1-6-2-7(5-17-6)3-9(12(15)16)8-4-10(14)18-11(8)13/h2-5H,1H3,(H,15,16)/b9-3+. The van der Waals surface area contributed by atoms with Crippen molar-refractivity contribution in [2.45, 2.75) is 6.92 Å². The summed E-state index contributed by atoms with van der Waals surface area (Å²) in [4.78, 5) is 12.5. The van der Waals surface area contributed by atoms with Gasteiger partial charge >= 0.3 is 5.97 Å². The number of hydrogen-bond acceptors (Lipinski definition) is 3. The summed E-state index contributed by atoms with van der Waals surface area (Å²) in [6.07, 6.45) is 1.66. The molecule has 1 N–H and O–H groups in total. The normalized spacial score (nSPS) is 11.8. The number of carbonyl (C=O) groups is 1. The average Bonchev–Trinajstić information content (AvgIpc) is 2.81. The van der Waals surface area contributed by atoms with Gasteiger partial charge in [0.25, 0.3) is 0 Å². The summed E-state index contributed by atoms with van der Waals surface area (Å²) < 4.78 is 1.29. The van der Waals surface area contributed by atoms with Crippen LogP contribution in [0.2, 0.25) is 4.34 Å². The van der Waals surface area contributed by atoms with Gasteiger partial charge in [-0.3, -0.25) is 0 Å². The molecule has 18 heavy (non-hydrogen) atoms. The van der Waals surface area contributed by atoms with E-state index < -0.39 is 5.97 Å². The minimum Gasteiger partial charge on any atom is -0.478 e. The highest BCUT2D eigenvalue weighted by Crippen LogP contribution is 2.36. The largest absolute Gasteiger partial charge is 0.478 e. The van der Waals surface area contributed by atoms with Crippen molar-refractivity contribution in [3.05, 3.63) is 41.6 Å². The second kappa shape index (κ2) is 5.57. The third-order valence-corrected chi connectivity index (χ3v) is 5.08. The van der Waals surface area contributed by atoms with Crippen molar-refractivity contribution >= 4 is 67.8 Å². The molecule has 94 valence electrons. The molecule has 0 aliphatic heterocycles. The van der Waals surface area contributed by atoms with Gasteiger partial charge in [0, 0.05) is 10.4 Å². The molecule has 0 atom stereocenters. The van der Waals surface area contributed by atoms with Gasteiger partial charge in [-0.15, -0.1) is 22.7 Å². The Morgan fingerprint density at radius 2 is 2.22 bits per heavy atom. The third kappa shape index (κ3) is 3.03. The van der Waals surface area contributed by atoms with Crippen LogP contribution in [0.4, 0.5) is 0 Å². The van der Waals surface area contributed by atoms with Crippen LogP contribution in [0.15, 0.2) is 21.3 Å². The molecule has 0 unspecified atom stereocenters. The molecule has 2 heterocycles. The number of hydrogen-bond donors (Lipinski definition) is 1. The summed E-state index contributed by atoms with van der Waals surface area (Å²) in [6.45, 7) is 1.99. The zero-order chi connectivity index (χ0) is 13.3. The molecule has 0 amide bonds. The molecule has 2 aromatic rings. The molecule has 0 bridgehead atoms. The molecule has 2 aromatic heterocycles. The van der Waals surface area contributed by atoms with Gasteiger partial charge in [0.2, 0.25) is 0 Å². The van der Waals surface area contributed by atoms with Crippen LogP contribution in [-0.2, 0) is 4.79 Å². The van der Waals surface area contributed by atoms with Crippen LogP contribution < -0.4 is 0 Å². The highest BCUT2D eigenvalue weighted by atomic mass is 79.9. The molecule has 0 radical (unpaired) electrons. The predicted octanol–water partition coefficient (Wildman–Crippen LogP) is 5.16. The fourth-order valence-electron chi connectivity index (χ4n) is 1.48. The van der Waals surface area contributed by atoms with Gasteiger partial charge in [-0.05, 0) is 52.0 Å². The van der Waals surface area contributed by atoms with Crippen molar-refractivity contribution in [3.63, 3.8) is 0 Å². The summed E-state index contributed by atoms with van der Waals surface area (Å²) in [7, 11) is 0. The maximum Gasteiger partial charge on any atom is 0.336 e. The third-order valence-electron chi connectivity index (χ3n) is 2.24. The Labute approximate surface area is 126 Å². The first-order chi connectivity index (χ1) is 8.47. The molecule has 0 aliphatic rings. The predicted molar refractivity (Wildman–Crippen MR) is 81.6 cm³/mol. The molecule has 2 rings (SSSR count). The molecule has 0 aromatic carbocycles. The van der Waals surface area contributed by atoms with E-state index in [4.69, 9.17) is 11.6 Å². The Balaban J connectivity index is 2.50. The van der Waals surface area contributed by atoms with Gasteiger partial charge in [0.15, 0.2) is 0 Å². The van der Waals surface area contributed by atoms with Crippen molar-refractivity contribution in [3.8, 4) is 0 Å². The molecule has 0 saturated carbocycles. The van der Waals surface area contributed by atoms with E-state index in [9.17, 15) is 9.90 Å². The van der Waals surface area contributed by atoms with Gasteiger partial charge in [0.1, 0.15) is 0 Å². The minimum atomic E-state index is -0.964. The van der Waals surface area contributed by atoms with Crippen LogP contribution in [0.5, 0.6) is 0 Å². The molecule has 0 fully saturated rings. The lowest BCUT2D eigenvalue weighted by Crippen LogP contribution is -1.98. The summed E-state index contributed by atoms with van der Waals surface area (Å²) in [5, 5.41) is 11.2. The van der Waals surface area contributed by atoms with Crippen molar-refractivity contribution in [1.29, 1.82) is 0 Å². The van der Waals surface area contributed by atoms with Gasteiger partial charge < -0.3 is 5.11 Å². The Kier molecular flexibility index (Phi) is 4.27. The number of rotatable bonds is 3. The second-order valence-corrected chi connectivity index (χ2v) is 7.71. The fourth-order valence-corrected chi connectivity index (χ4v) is 4.25. The quantitative estimate of drug-likeness (QED) is 0.765. The monoisotopic (exact) mass is 362 g/mol. The highest BCUT2D eigenvalue weighted by Gasteiger charge is 2.16. The van der Waals surface area contributed by atoms with Crippen LogP contribution in [0.3, 0.4) is 0 Å². The van der Waals surface area contributed by atoms with Crippen LogP contribution in [0.1, 0.15) is 16.0 Å². The average molecular weight is 364 g/mol. The van der Waals surface area contributed by atoms with E-state index in [-0.39, 0.29) is 5.57 Å². The zero-order valence-corrected chi connectivity index (χ0v) is 13.2. The molecule has 0 spiro atoms. The summed E-state index contributed by atoms with van der Waals surface area (Å²) in [5.74, 6) is -0.964. The SMILES string of the molecule is Cc1cc(/C=C(/C(=O)O)c2cc(Cl)sc2Br)cs1. The number of thiophene rings is 2. The number of carboxylic acid groups (broad SMARTS) is 1. The number of halogens is 2. The summed E-state index contributed by atoms with van der Waals surface area (Å²) in [5.41, 5.74) is 1.74. The number of carboxylic acids is 1. The lowest BCUT2D eigenvalue weighted by molar-refractivity contribution is -0.130. The van der Waals surface area contributed by atoms with E-state index in [1.54, 1.807) is 23.5 Å². The smallest absolute Gasteiger partial charge is 0.336 e. The molecule has 6 heteroatoms. The molecular formula is C12H8BrClO2S2. The first-order valence-electron chi connectivity index (χ1n) is 4.92. The topological polar surface area (TPSA) is 37.3 Å². The van der Waals surface area contributed by atoms with Gasteiger partial charge in [0.05, 0.1) is 13.7 Å². The fraction of sp³-hybridized carbons (Fsp3) is 0.0833. The van der Waals surface area contributed by atoms with E-state index >= 15 is 0 Å². The van der Waals surface area contributed by atoms with Crippen LogP contribution in [0, 0.1) is 6.92 Å². The van der Waals surface area contributed by atoms with Crippen molar-refractivity contribution in [2.75, 3.05) is 0 Å². The Bertz CT molecular complexity index is 628. The summed E-state index contributed by atoms with van der Waals surface area (Å²) in [6, 6.07) is 3.62. The van der Waals surface area contributed by atoms with E-state index in [0.29, 0.717) is 9.90 Å². The van der Waals surface area contributed by atoms with Crippen LogP contribution >= 0.6 is 50.2 Å². The van der Waals surface area contributed by atoms with Crippen molar-refractivity contribution in [1.82, 2.24) is 0 Å². The molecule has 0 saturated heterocycles. The lowest BCUT2D eigenvalue weighted by atomic mass is 10.1. The maximum absolute atomic E-state index is 11.3. The summed E-state index contributed by atoms with van der Waals surface area (Å²) >= 11 is 12.1. The number of aryl methyl sites for hydroxylation is 1. The first-order valence-corrected chi connectivity index (χ1v) is 7.79. The highest BCUT2D eigenvalue weighted by molar-refractivity contribution is 9.11. The van der Waals surface area contributed by atoms with Gasteiger partial charge in [-0.1, -0.05) is 11.6 Å². The van der Waals surface area contributed by atoms with Gasteiger partial charge in [-0.2, -0.15) is 0 Å². The molecule has 0 aliphatic carbocycles. The van der Waals surface area contributed by atoms with E-state index in [1.165, 1.54) is 11.3 Å². The molecule has 2 nitrogen and oxygen atoms in total. The van der Waals surface area contributed by atoms with Crippen molar-refractivity contribution < 1.29 is 9.90 Å². The Morgan fingerprint density at radius 3 is 2.67 bits per heavy atom. The van der Waals surface area contributed by atoms with Crippen molar-refractivity contribution in [2.24, 2.45) is 0 Å². The molecular weight excluding hydrogens is 356 g/mol. The maximum atomic E-state index is 11.3. The Morgan fingerprint density at radius 1 is 1.50 bits per heavy atom. The zero-order valence-electron chi connectivity index (χ0n) is 9.24.